The van der Waals surface area contributed by atoms with Gasteiger partial charge in [0.15, 0.2) is 22.5 Å². The Balaban J connectivity index is 1.34. The standard InChI is InChI=1S/C20H19ClN4O4S/c1-12(19(26)22-14-5-8-16-17(9-14)29-11-28-16)30-20-24-23-18(25(20)2)10-27-15-6-3-13(21)4-7-15/h3-9,12H,10-11H2,1-2H3,(H,22,26). The van der Waals surface area contributed by atoms with E-state index in [4.69, 9.17) is 25.8 Å². The quantitative estimate of drug-likeness (QED) is 0.551. The number of nitrogens with one attached hydrogen (secondary N) is 1. The summed E-state index contributed by atoms with van der Waals surface area (Å²) in [4.78, 5) is 12.6. The number of halogens is 1. The maximum absolute atomic E-state index is 12.6. The van der Waals surface area contributed by atoms with E-state index in [0.717, 1.165) is 0 Å². The molecule has 0 aliphatic carbocycles. The van der Waals surface area contributed by atoms with E-state index in [9.17, 15) is 4.79 Å². The lowest BCUT2D eigenvalue weighted by molar-refractivity contribution is -0.115. The van der Waals surface area contributed by atoms with E-state index in [1.54, 1.807) is 42.5 Å². The minimum absolute atomic E-state index is 0.152. The molecule has 0 saturated heterocycles. The topological polar surface area (TPSA) is 87.5 Å². The van der Waals surface area contributed by atoms with Crippen LogP contribution in [0.5, 0.6) is 17.2 Å². The van der Waals surface area contributed by atoms with Crippen molar-refractivity contribution in [3.8, 4) is 17.2 Å². The molecule has 0 bridgehead atoms. The summed E-state index contributed by atoms with van der Waals surface area (Å²) >= 11 is 7.19. The number of thioether (sulfide) groups is 1. The second-order valence-electron chi connectivity index (χ2n) is 6.52. The van der Waals surface area contributed by atoms with Gasteiger partial charge < -0.3 is 24.1 Å². The predicted octanol–water partition coefficient (Wildman–Crippen LogP) is 3.90. The Kier molecular flexibility index (Phi) is 6.01. The Bertz CT molecular complexity index is 1060. The summed E-state index contributed by atoms with van der Waals surface area (Å²) in [6.45, 7) is 2.25. The summed E-state index contributed by atoms with van der Waals surface area (Å²) in [6, 6.07) is 12.4. The van der Waals surface area contributed by atoms with E-state index in [1.807, 2.05) is 18.5 Å². The number of fused-ring (bicyclic) bond motifs is 1. The first-order valence-corrected chi connectivity index (χ1v) is 10.4. The minimum Gasteiger partial charge on any atom is -0.486 e. The number of anilines is 1. The molecular formula is C20H19ClN4O4S. The van der Waals surface area contributed by atoms with E-state index < -0.39 is 0 Å². The number of aromatic nitrogens is 3. The lowest BCUT2D eigenvalue weighted by atomic mass is 10.2. The van der Waals surface area contributed by atoms with Crippen molar-refractivity contribution in [2.75, 3.05) is 12.1 Å². The molecule has 0 saturated carbocycles. The highest BCUT2D eigenvalue weighted by atomic mass is 35.5. The third-order valence-corrected chi connectivity index (χ3v) is 5.78. The van der Waals surface area contributed by atoms with Crippen molar-refractivity contribution in [1.29, 1.82) is 0 Å². The second-order valence-corrected chi connectivity index (χ2v) is 8.26. The molecule has 3 aromatic rings. The van der Waals surface area contributed by atoms with Gasteiger partial charge in [0.25, 0.3) is 0 Å². The van der Waals surface area contributed by atoms with Gasteiger partial charge in [-0.05, 0) is 43.3 Å². The number of carbonyl (C=O) groups is 1. The van der Waals surface area contributed by atoms with Crippen LogP contribution in [0.2, 0.25) is 5.02 Å². The number of benzene rings is 2. The molecule has 0 fully saturated rings. The van der Waals surface area contributed by atoms with Crippen molar-refractivity contribution >= 4 is 35.0 Å². The minimum atomic E-state index is -0.386. The van der Waals surface area contributed by atoms with E-state index in [2.05, 4.69) is 15.5 Å². The van der Waals surface area contributed by atoms with Crippen LogP contribution < -0.4 is 19.5 Å². The van der Waals surface area contributed by atoms with Gasteiger partial charge in [0.2, 0.25) is 12.7 Å². The van der Waals surface area contributed by atoms with Crippen molar-refractivity contribution in [2.24, 2.45) is 7.05 Å². The smallest absolute Gasteiger partial charge is 0.237 e. The fourth-order valence-corrected chi connectivity index (χ4v) is 3.64. The van der Waals surface area contributed by atoms with E-state index >= 15 is 0 Å². The highest BCUT2D eigenvalue weighted by Gasteiger charge is 2.20. The summed E-state index contributed by atoms with van der Waals surface area (Å²) < 4.78 is 18.1. The molecule has 1 aliphatic heterocycles. The molecule has 2 heterocycles. The molecule has 4 rings (SSSR count). The summed E-state index contributed by atoms with van der Waals surface area (Å²) in [5.41, 5.74) is 0.645. The molecule has 0 spiro atoms. The molecule has 10 heteroatoms. The Labute approximate surface area is 182 Å². The van der Waals surface area contributed by atoms with Crippen molar-refractivity contribution in [3.05, 3.63) is 53.3 Å². The van der Waals surface area contributed by atoms with Gasteiger partial charge in [-0.2, -0.15) is 0 Å². The van der Waals surface area contributed by atoms with Gasteiger partial charge in [-0.25, -0.2) is 0 Å². The normalized spacial score (nSPS) is 13.2. The number of hydrogen-bond acceptors (Lipinski definition) is 7. The first kappa shape index (κ1) is 20.4. The summed E-state index contributed by atoms with van der Waals surface area (Å²) in [5, 5.41) is 12.1. The zero-order valence-corrected chi connectivity index (χ0v) is 17.9. The molecule has 1 atom stereocenters. The van der Waals surface area contributed by atoms with Crippen LogP contribution in [0.25, 0.3) is 0 Å². The predicted molar refractivity (Wildman–Crippen MR) is 113 cm³/mol. The van der Waals surface area contributed by atoms with Crippen LogP contribution >= 0.6 is 23.4 Å². The molecule has 30 heavy (non-hydrogen) atoms. The van der Waals surface area contributed by atoms with Crippen molar-refractivity contribution in [2.45, 2.75) is 23.9 Å². The van der Waals surface area contributed by atoms with Crippen LogP contribution in [-0.2, 0) is 18.4 Å². The first-order valence-electron chi connectivity index (χ1n) is 9.13. The largest absolute Gasteiger partial charge is 0.486 e. The third kappa shape index (κ3) is 4.63. The lowest BCUT2D eigenvalue weighted by Crippen LogP contribution is -2.22. The maximum Gasteiger partial charge on any atom is 0.237 e. The molecule has 1 aromatic heterocycles. The summed E-state index contributed by atoms with van der Waals surface area (Å²) in [7, 11) is 1.84. The summed E-state index contributed by atoms with van der Waals surface area (Å²) in [6.07, 6.45) is 0. The fraction of sp³-hybridized carbons (Fsp3) is 0.250. The number of amides is 1. The second kappa shape index (κ2) is 8.85. The zero-order valence-electron chi connectivity index (χ0n) is 16.3. The average molecular weight is 447 g/mol. The number of hydrogen-bond donors (Lipinski definition) is 1. The first-order chi connectivity index (χ1) is 14.5. The van der Waals surface area contributed by atoms with Gasteiger partial charge in [-0.3, -0.25) is 4.79 Å². The Hall–Kier alpha value is -2.91. The SMILES string of the molecule is CC(Sc1nnc(COc2ccc(Cl)cc2)n1C)C(=O)Nc1ccc2c(c1)OCO2. The molecule has 0 radical (unpaired) electrons. The maximum atomic E-state index is 12.6. The molecule has 156 valence electrons. The number of carbonyl (C=O) groups excluding carboxylic acids is 1. The summed E-state index contributed by atoms with van der Waals surface area (Å²) in [5.74, 6) is 2.47. The van der Waals surface area contributed by atoms with Crippen molar-refractivity contribution < 1.29 is 19.0 Å². The average Bonchev–Trinajstić information content (AvgIpc) is 3.34. The molecule has 8 nitrogen and oxygen atoms in total. The Morgan fingerprint density at radius 3 is 2.80 bits per heavy atom. The van der Waals surface area contributed by atoms with Crippen LogP contribution in [0.15, 0.2) is 47.6 Å². The molecule has 1 unspecified atom stereocenters. The van der Waals surface area contributed by atoms with Gasteiger partial charge >= 0.3 is 0 Å². The zero-order chi connectivity index (χ0) is 21.1. The van der Waals surface area contributed by atoms with Crippen LogP contribution in [0, 0.1) is 0 Å². The van der Waals surface area contributed by atoms with E-state index in [0.29, 0.717) is 38.9 Å². The number of ether oxygens (including phenoxy) is 3. The van der Waals surface area contributed by atoms with Gasteiger partial charge in [0.1, 0.15) is 12.4 Å². The van der Waals surface area contributed by atoms with E-state index in [-0.39, 0.29) is 24.6 Å². The van der Waals surface area contributed by atoms with Crippen LogP contribution in [-0.4, -0.2) is 32.7 Å². The van der Waals surface area contributed by atoms with Crippen LogP contribution in [0.1, 0.15) is 12.7 Å². The third-order valence-electron chi connectivity index (χ3n) is 4.40. The van der Waals surface area contributed by atoms with Crippen LogP contribution in [0.4, 0.5) is 5.69 Å². The lowest BCUT2D eigenvalue weighted by Gasteiger charge is -2.12. The molecule has 1 N–H and O–H groups in total. The van der Waals surface area contributed by atoms with Crippen LogP contribution in [0.3, 0.4) is 0 Å². The molecular weight excluding hydrogens is 428 g/mol. The monoisotopic (exact) mass is 446 g/mol. The fourth-order valence-electron chi connectivity index (χ4n) is 2.68. The van der Waals surface area contributed by atoms with Gasteiger partial charge in [0.05, 0.1) is 5.25 Å². The highest BCUT2D eigenvalue weighted by molar-refractivity contribution is 8.00. The van der Waals surface area contributed by atoms with Crippen molar-refractivity contribution in [1.82, 2.24) is 14.8 Å². The Morgan fingerprint density at radius 1 is 1.23 bits per heavy atom. The highest BCUT2D eigenvalue weighted by Crippen LogP contribution is 2.34. The van der Waals surface area contributed by atoms with E-state index in [1.165, 1.54) is 11.8 Å². The van der Waals surface area contributed by atoms with Gasteiger partial charge in [-0.15, -0.1) is 10.2 Å². The van der Waals surface area contributed by atoms with Crippen molar-refractivity contribution in [3.63, 3.8) is 0 Å². The van der Waals surface area contributed by atoms with Gasteiger partial charge in [0, 0.05) is 23.8 Å². The molecule has 2 aromatic carbocycles. The molecule has 1 aliphatic rings. The molecule has 1 amide bonds. The number of nitrogens with zero attached hydrogens (tertiary/aromatic N) is 3. The Morgan fingerprint density at radius 2 is 2.00 bits per heavy atom. The number of rotatable bonds is 7. The van der Waals surface area contributed by atoms with Gasteiger partial charge in [-0.1, -0.05) is 23.4 Å².